The maximum absolute atomic E-state index is 11.9. The van der Waals surface area contributed by atoms with E-state index in [1.807, 2.05) is 6.92 Å². The largest absolute Gasteiger partial charge is 0.355 e. The molecule has 1 aliphatic rings. The number of nitrogens with zero attached hydrogens (tertiary/aromatic N) is 1. The lowest BCUT2D eigenvalue weighted by Gasteiger charge is -2.21. The molecule has 1 amide bonds. The Labute approximate surface area is 124 Å². The van der Waals surface area contributed by atoms with E-state index in [2.05, 4.69) is 22.5 Å². The van der Waals surface area contributed by atoms with Crippen molar-refractivity contribution in [3.05, 3.63) is 15.6 Å². The summed E-state index contributed by atoms with van der Waals surface area (Å²) in [6.45, 7) is 6.74. The third-order valence-electron chi connectivity index (χ3n) is 3.42. The molecule has 0 unspecified atom stereocenters. The topological polar surface area (TPSA) is 54.0 Å². The van der Waals surface area contributed by atoms with E-state index in [1.165, 1.54) is 4.88 Å². The number of carbonyl (C=O) groups excluding carboxylic acids is 1. The van der Waals surface area contributed by atoms with Crippen LogP contribution in [0.25, 0.3) is 0 Å². The molecular formula is C13H22ClN3OS. The highest BCUT2D eigenvalue weighted by Gasteiger charge is 2.20. The van der Waals surface area contributed by atoms with Crippen LogP contribution in [0.4, 0.5) is 0 Å². The van der Waals surface area contributed by atoms with Crippen molar-refractivity contribution >= 4 is 29.7 Å². The van der Waals surface area contributed by atoms with E-state index in [0.29, 0.717) is 6.54 Å². The van der Waals surface area contributed by atoms with Crippen molar-refractivity contribution in [3.8, 4) is 0 Å². The van der Waals surface area contributed by atoms with E-state index in [4.69, 9.17) is 0 Å². The number of amides is 1. The molecule has 2 N–H and O–H groups in total. The number of rotatable bonds is 4. The molecule has 0 radical (unpaired) electrons. The molecule has 1 aromatic heterocycles. The van der Waals surface area contributed by atoms with Gasteiger partial charge in [0.1, 0.15) is 0 Å². The predicted molar refractivity (Wildman–Crippen MR) is 81.1 cm³/mol. The van der Waals surface area contributed by atoms with E-state index in [9.17, 15) is 4.79 Å². The molecule has 0 saturated carbocycles. The summed E-state index contributed by atoms with van der Waals surface area (Å²) >= 11 is 1.73. The van der Waals surface area contributed by atoms with Gasteiger partial charge in [-0.1, -0.05) is 0 Å². The summed E-state index contributed by atoms with van der Waals surface area (Å²) in [5.74, 6) is 0.410. The first kappa shape index (κ1) is 16.4. The van der Waals surface area contributed by atoms with Crippen molar-refractivity contribution in [1.82, 2.24) is 15.6 Å². The first-order chi connectivity index (χ1) is 8.66. The number of aromatic nitrogens is 1. The summed E-state index contributed by atoms with van der Waals surface area (Å²) in [5, 5.41) is 7.42. The summed E-state index contributed by atoms with van der Waals surface area (Å²) in [5.41, 5.74) is 1.11. The Hall–Kier alpha value is -0.650. The van der Waals surface area contributed by atoms with E-state index in [-0.39, 0.29) is 24.2 Å². The van der Waals surface area contributed by atoms with E-state index < -0.39 is 0 Å². The molecule has 0 aromatic carbocycles. The van der Waals surface area contributed by atoms with Gasteiger partial charge >= 0.3 is 0 Å². The summed E-state index contributed by atoms with van der Waals surface area (Å²) in [7, 11) is 0. The number of hydrogen-bond acceptors (Lipinski definition) is 4. The minimum absolute atomic E-state index is 0. The van der Waals surface area contributed by atoms with E-state index in [1.54, 1.807) is 11.3 Å². The number of nitrogens with one attached hydrogen (secondary N) is 2. The van der Waals surface area contributed by atoms with Gasteiger partial charge in [-0.15, -0.1) is 23.7 Å². The maximum atomic E-state index is 11.9. The van der Waals surface area contributed by atoms with Crippen LogP contribution in [0.15, 0.2) is 0 Å². The predicted octanol–water partition coefficient (Wildman–Crippen LogP) is 1.84. The van der Waals surface area contributed by atoms with Crippen LogP contribution in [-0.4, -0.2) is 30.5 Å². The molecule has 2 heterocycles. The molecule has 0 bridgehead atoms. The second-order valence-electron chi connectivity index (χ2n) is 4.81. The van der Waals surface area contributed by atoms with Gasteiger partial charge in [-0.3, -0.25) is 4.79 Å². The smallest absolute Gasteiger partial charge is 0.223 e. The molecule has 108 valence electrons. The van der Waals surface area contributed by atoms with Crippen molar-refractivity contribution in [2.24, 2.45) is 5.92 Å². The Bertz CT molecular complexity index is 397. The molecule has 2 rings (SSSR count). The van der Waals surface area contributed by atoms with Gasteiger partial charge in [0, 0.05) is 23.8 Å². The maximum Gasteiger partial charge on any atom is 0.223 e. The molecule has 6 heteroatoms. The van der Waals surface area contributed by atoms with Gasteiger partial charge in [0.2, 0.25) is 5.91 Å². The quantitative estimate of drug-likeness (QED) is 0.892. The fraction of sp³-hybridized carbons (Fsp3) is 0.692. The van der Waals surface area contributed by atoms with Gasteiger partial charge in [-0.2, -0.15) is 0 Å². The normalized spacial score (nSPS) is 15.9. The number of halogens is 1. The van der Waals surface area contributed by atoms with Gasteiger partial charge in [-0.25, -0.2) is 4.98 Å². The van der Waals surface area contributed by atoms with Gasteiger partial charge in [-0.05, 0) is 39.8 Å². The standard InChI is InChI=1S/C13H21N3OS.ClH/c1-9-10(2)18-12(16-9)5-8-15-13(17)11-3-6-14-7-4-11;/h11,14H,3-8H2,1-2H3,(H,15,17);1H. The van der Waals surface area contributed by atoms with Crippen LogP contribution >= 0.6 is 23.7 Å². The van der Waals surface area contributed by atoms with Crippen molar-refractivity contribution in [1.29, 1.82) is 0 Å². The van der Waals surface area contributed by atoms with Crippen LogP contribution in [0.2, 0.25) is 0 Å². The van der Waals surface area contributed by atoms with Gasteiger partial charge in [0.25, 0.3) is 0 Å². The van der Waals surface area contributed by atoms with Crippen LogP contribution in [0.3, 0.4) is 0 Å². The van der Waals surface area contributed by atoms with Crippen molar-refractivity contribution in [2.75, 3.05) is 19.6 Å². The lowest BCUT2D eigenvalue weighted by atomic mass is 9.97. The Balaban J connectivity index is 0.00000180. The van der Waals surface area contributed by atoms with Gasteiger partial charge in [0.15, 0.2) is 0 Å². The molecular weight excluding hydrogens is 282 g/mol. The Morgan fingerprint density at radius 1 is 1.42 bits per heavy atom. The third-order valence-corrected chi connectivity index (χ3v) is 4.55. The van der Waals surface area contributed by atoms with Crippen molar-refractivity contribution < 1.29 is 4.79 Å². The fourth-order valence-electron chi connectivity index (χ4n) is 2.17. The lowest BCUT2D eigenvalue weighted by molar-refractivity contribution is -0.125. The van der Waals surface area contributed by atoms with Crippen molar-refractivity contribution in [2.45, 2.75) is 33.1 Å². The fourth-order valence-corrected chi connectivity index (χ4v) is 3.10. The average Bonchev–Trinajstić information content (AvgIpc) is 2.69. The van der Waals surface area contributed by atoms with Crippen LogP contribution < -0.4 is 10.6 Å². The SMILES string of the molecule is Cc1nc(CCNC(=O)C2CCNCC2)sc1C.Cl. The number of thiazole rings is 1. The lowest BCUT2D eigenvalue weighted by Crippen LogP contribution is -2.38. The highest BCUT2D eigenvalue weighted by molar-refractivity contribution is 7.11. The molecule has 1 aromatic rings. The Morgan fingerprint density at radius 3 is 2.68 bits per heavy atom. The average molecular weight is 304 g/mol. The van der Waals surface area contributed by atoms with Crippen molar-refractivity contribution in [3.63, 3.8) is 0 Å². The zero-order valence-corrected chi connectivity index (χ0v) is 13.1. The van der Waals surface area contributed by atoms with Gasteiger partial charge < -0.3 is 10.6 Å². The molecule has 1 saturated heterocycles. The highest BCUT2D eigenvalue weighted by Crippen LogP contribution is 2.16. The summed E-state index contributed by atoms with van der Waals surface area (Å²) in [6, 6.07) is 0. The Morgan fingerprint density at radius 2 is 2.11 bits per heavy atom. The van der Waals surface area contributed by atoms with Crippen LogP contribution in [-0.2, 0) is 11.2 Å². The number of hydrogen-bond donors (Lipinski definition) is 2. The molecule has 0 aliphatic carbocycles. The molecule has 4 nitrogen and oxygen atoms in total. The Kier molecular flexibility index (Phi) is 6.75. The molecule has 0 atom stereocenters. The van der Waals surface area contributed by atoms with E-state index in [0.717, 1.165) is 43.1 Å². The second-order valence-corrected chi connectivity index (χ2v) is 6.10. The van der Waals surface area contributed by atoms with Crippen LogP contribution in [0.1, 0.15) is 28.4 Å². The highest BCUT2D eigenvalue weighted by atomic mass is 35.5. The number of aryl methyl sites for hydroxylation is 2. The molecule has 19 heavy (non-hydrogen) atoms. The van der Waals surface area contributed by atoms with Gasteiger partial charge in [0.05, 0.1) is 10.7 Å². The number of carbonyl (C=O) groups is 1. The summed E-state index contributed by atoms with van der Waals surface area (Å²) in [6.07, 6.45) is 2.76. The van der Waals surface area contributed by atoms with Crippen LogP contribution in [0.5, 0.6) is 0 Å². The molecule has 1 fully saturated rings. The molecule has 1 aliphatic heterocycles. The number of piperidine rings is 1. The minimum atomic E-state index is 0. The zero-order valence-electron chi connectivity index (χ0n) is 11.5. The van der Waals surface area contributed by atoms with Crippen LogP contribution in [0, 0.1) is 19.8 Å². The minimum Gasteiger partial charge on any atom is -0.355 e. The first-order valence-electron chi connectivity index (χ1n) is 6.58. The molecule has 0 spiro atoms. The summed E-state index contributed by atoms with van der Waals surface area (Å²) in [4.78, 5) is 17.7. The second kappa shape index (κ2) is 7.82. The first-order valence-corrected chi connectivity index (χ1v) is 7.40. The zero-order chi connectivity index (χ0) is 13.0. The van der Waals surface area contributed by atoms with E-state index >= 15 is 0 Å². The monoisotopic (exact) mass is 303 g/mol. The summed E-state index contributed by atoms with van der Waals surface area (Å²) < 4.78 is 0. The third kappa shape index (κ3) is 4.75.